The van der Waals surface area contributed by atoms with Gasteiger partial charge in [-0.3, -0.25) is 0 Å². The van der Waals surface area contributed by atoms with E-state index in [0.29, 0.717) is 16.8 Å². The molecule has 1 aromatic carbocycles. The second kappa shape index (κ2) is 6.63. The zero-order valence-corrected chi connectivity index (χ0v) is 15.0. The number of halogens is 2. The molecule has 0 N–H and O–H groups in total. The average Bonchev–Trinajstić information content (AvgIpc) is 2.65. The summed E-state index contributed by atoms with van der Waals surface area (Å²) in [7, 11) is 0. The molecule has 0 amide bonds. The van der Waals surface area contributed by atoms with Crippen molar-refractivity contribution in [2.24, 2.45) is 5.92 Å². The van der Waals surface area contributed by atoms with Crippen LogP contribution in [-0.4, -0.2) is 23.1 Å². The summed E-state index contributed by atoms with van der Waals surface area (Å²) in [4.78, 5) is 11.3. The van der Waals surface area contributed by atoms with Crippen LogP contribution in [0.3, 0.4) is 0 Å². The van der Waals surface area contributed by atoms with Gasteiger partial charge in [0.1, 0.15) is 17.5 Å². The fourth-order valence-corrected chi connectivity index (χ4v) is 3.55. The van der Waals surface area contributed by atoms with E-state index in [1.807, 2.05) is 12.1 Å². The molecule has 1 fully saturated rings. The van der Waals surface area contributed by atoms with E-state index >= 15 is 0 Å². The number of fused-ring (bicyclic) bond motifs is 1. The van der Waals surface area contributed by atoms with Crippen LogP contribution < -0.4 is 4.90 Å². The molecule has 0 unspecified atom stereocenters. The summed E-state index contributed by atoms with van der Waals surface area (Å²) in [6.07, 6.45) is 4.07. The van der Waals surface area contributed by atoms with Crippen LogP contribution in [0.2, 0.25) is 0 Å². The van der Waals surface area contributed by atoms with Gasteiger partial charge in [0.05, 0.1) is 16.6 Å². The molecule has 26 heavy (non-hydrogen) atoms. The molecule has 0 saturated carbocycles. The third-order valence-corrected chi connectivity index (χ3v) is 5.26. The van der Waals surface area contributed by atoms with Crippen molar-refractivity contribution in [1.82, 2.24) is 9.97 Å². The minimum atomic E-state index is -0.588. The van der Waals surface area contributed by atoms with E-state index in [2.05, 4.69) is 21.8 Å². The minimum Gasteiger partial charge on any atom is -0.357 e. The number of aromatic nitrogens is 2. The molecule has 0 spiro atoms. The number of benzene rings is 1. The molecule has 3 nitrogen and oxygen atoms in total. The fraction of sp³-hybridized carbons (Fsp3) is 0.333. The molecule has 2 aromatic heterocycles. The van der Waals surface area contributed by atoms with E-state index in [0.717, 1.165) is 30.4 Å². The zero-order chi connectivity index (χ0) is 18.3. The zero-order valence-electron chi connectivity index (χ0n) is 15.0. The third kappa shape index (κ3) is 2.91. The maximum atomic E-state index is 14.7. The minimum absolute atomic E-state index is 0.0548. The lowest BCUT2D eigenvalue weighted by Crippen LogP contribution is -2.33. The van der Waals surface area contributed by atoms with Gasteiger partial charge in [0, 0.05) is 30.4 Å². The number of anilines is 1. The Morgan fingerprint density at radius 3 is 2.54 bits per heavy atom. The maximum absolute atomic E-state index is 14.7. The van der Waals surface area contributed by atoms with Gasteiger partial charge in [-0.25, -0.2) is 18.7 Å². The molecule has 1 aliphatic heterocycles. The lowest BCUT2D eigenvalue weighted by molar-refractivity contribution is 0.436. The Hall–Kier alpha value is -2.56. The Morgan fingerprint density at radius 2 is 1.85 bits per heavy atom. The number of hydrogen-bond donors (Lipinski definition) is 0. The number of hydrogen-bond acceptors (Lipinski definition) is 3. The van der Waals surface area contributed by atoms with Crippen LogP contribution >= 0.6 is 0 Å². The smallest absolute Gasteiger partial charge is 0.140 e. The maximum Gasteiger partial charge on any atom is 0.140 e. The topological polar surface area (TPSA) is 29.0 Å². The highest BCUT2D eigenvalue weighted by Gasteiger charge is 2.19. The van der Waals surface area contributed by atoms with Crippen LogP contribution in [0.4, 0.5) is 14.6 Å². The van der Waals surface area contributed by atoms with Crippen molar-refractivity contribution in [2.45, 2.75) is 26.7 Å². The number of rotatable bonds is 2. The Bertz CT molecular complexity index is 946. The van der Waals surface area contributed by atoms with Crippen molar-refractivity contribution in [3.63, 3.8) is 0 Å². The van der Waals surface area contributed by atoms with Crippen molar-refractivity contribution < 1.29 is 8.78 Å². The van der Waals surface area contributed by atoms with Crippen LogP contribution in [-0.2, 0) is 0 Å². The van der Waals surface area contributed by atoms with Gasteiger partial charge >= 0.3 is 0 Å². The van der Waals surface area contributed by atoms with Crippen LogP contribution in [0.1, 0.15) is 25.3 Å². The first kappa shape index (κ1) is 16.9. The Balaban J connectivity index is 1.71. The first-order chi connectivity index (χ1) is 12.5. The normalized spacial score (nSPS) is 15.6. The monoisotopic (exact) mass is 353 g/mol. The van der Waals surface area contributed by atoms with Gasteiger partial charge in [0.15, 0.2) is 0 Å². The lowest BCUT2D eigenvalue weighted by atomic mass is 9.99. The average molecular weight is 353 g/mol. The standard InChI is InChI=1S/C21H21F2N3/c1-13-8-10-26(11-9-13)18-7-6-15(12-24-18)21-14(2)20(23)19-16(22)4-3-5-17(19)25-21/h3-7,12-13H,8-11H2,1-2H3. The molecule has 3 heterocycles. The van der Waals surface area contributed by atoms with Crippen molar-refractivity contribution >= 4 is 16.7 Å². The van der Waals surface area contributed by atoms with Gasteiger partial charge in [-0.1, -0.05) is 13.0 Å². The molecule has 1 aliphatic rings. The highest BCUT2D eigenvalue weighted by molar-refractivity contribution is 5.84. The lowest BCUT2D eigenvalue weighted by Gasteiger charge is -2.31. The quantitative estimate of drug-likeness (QED) is 0.640. The van der Waals surface area contributed by atoms with Gasteiger partial charge in [0.2, 0.25) is 0 Å². The molecule has 0 radical (unpaired) electrons. The summed E-state index contributed by atoms with van der Waals surface area (Å²) >= 11 is 0. The van der Waals surface area contributed by atoms with Gasteiger partial charge in [-0.05, 0) is 49.9 Å². The highest BCUT2D eigenvalue weighted by Crippen LogP contribution is 2.30. The van der Waals surface area contributed by atoms with Crippen LogP contribution in [0.25, 0.3) is 22.2 Å². The van der Waals surface area contributed by atoms with Crippen molar-refractivity contribution in [3.8, 4) is 11.3 Å². The molecular weight excluding hydrogens is 332 g/mol. The Kier molecular flexibility index (Phi) is 4.31. The van der Waals surface area contributed by atoms with Crippen LogP contribution in [0, 0.1) is 24.5 Å². The Labute approximate surface area is 151 Å². The second-order valence-electron chi connectivity index (χ2n) is 7.11. The van der Waals surface area contributed by atoms with Gasteiger partial charge in [-0.2, -0.15) is 0 Å². The summed E-state index contributed by atoms with van der Waals surface area (Å²) in [6, 6.07) is 8.30. The third-order valence-electron chi connectivity index (χ3n) is 5.26. The van der Waals surface area contributed by atoms with Crippen molar-refractivity contribution in [3.05, 3.63) is 53.7 Å². The summed E-state index contributed by atoms with van der Waals surface area (Å²) in [5.41, 5.74) is 1.90. The summed E-state index contributed by atoms with van der Waals surface area (Å²) < 4.78 is 28.7. The summed E-state index contributed by atoms with van der Waals surface area (Å²) in [6.45, 7) is 5.92. The molecule has 0 aliphatic carbocycles. The predicted octanol–water partition coefficient (Wildman–Crippen LogP) is 5.12. The molecule has 4 rings (SSSR count). The molecule has 134 valence electrons. The summed E-state index contributed by atoms with van der Waals surface area (Å²) in [5, 5.41) is -0.0548. The molecule has 1 saturated heterocycles. The number of piperidine rings is 1. The molecule has 0 atom stereocenters. The first-order valence-corrected chi connectivity index (χ1v) is 9.00. The highest BCUT2D eigenvalue weighted by atomic mass is 19.1. The van der Waals surface area contributed by atoms with Gasteiger partial charge < -0.3 is 4.90 Å². The van der Waals surface area contributed by atoms with Crippen LogP contribution in [0.5, 0.6) is 0 Å². The molecular formula is C21H21F2N3. The van der Waals surface area contributed by atoms with E-state index in [1.54, 1.807) is 25.3 Å². The predicted molar refractivity (Wildman–Crippen MR) is 100 cm³/mol. The van der Waals surface area contributed by atoms with E-state index < -0.39 is 11.6 Å². The number of pyridine rings is 2. The molecule has 3 aromatic rings. The Morgan fingerprint density at radius 1 is 1.08 bits per heavy atom. The largest absolute Gasteiger partial charge is 0.357 e. The number of nitrogens with zero attached hydrogens (tertiary/aromatic N) is 3. The van der Waals surface area contributed by atoms with E-state index in [9.17, 15) is 8.78 Å². The first-order valence-electron chi connectivity index (χ1n) is 9.00. The van der Waals surface area contributed by atoms with E-state index in [4.69, 9.17) is 0 Å². The second-order valence-corrected chi connectivity index (χ2v) is 7.11. The fourth-order valence-electron chi connectivity index (χ4n) is 3.55. The van der Waals surface area contributed by atoms with Crippen LogP contribution in [0.15, 0.2) is 36.5 Å². The molecule has 5 heteroatoms. The van der Waals surface area contributed by atoms with Gasteiger partial charge in [-0.15, -0.1) is 0 Å². The molecule has 0 bridgehead atoms. The summed E-state index contributed by atoms with van der Waals surface area (Å²) in [5.74, 6) is 0.552. The van der Waals surface area contributed by atoms with Gasteiger partial charge in [0.25, 0.3) is 0 Å². The van der Waals surface area contributed by atoms with Crippen molar-refractivity contribution in [2.75, 3.05) is 18.0 Å². The van der Waals surface area contributed by atoms with E-state index in [-0.39, 0.29) is 5.39 Å². The van der Waals surface area contributed by atoms with E-state index in [1.165, 1.54) is 18.9 Å². The SMILES string of the molecule is Cc1c(-c2ccc(N3CCC(C)CC3)nc2)nc2cccc(F)c2c1F. The van der Waals surface area contributed by atoms with Crippen molar-refractivity contribution in [1.29, 1.82) is 0 Å².